The maximum Gasteiger partial charge on any atom is 0.253 e. The van der Waals surface area contributed by atoms with Gasteiger partial charge in [-0.05, 0) is 32.4 Å². The highest BCUT2D eigenvalue weighted by molar-refractivity contribution is 5.94. The minimum atomic E-state index is 0.124. The van der Waals surface area contributed by atoms with E-state index in [1.165, 1.54) is 0 Å². The molecule has 4 heteroatoms. The number of amides is 1. The van der Waals surface area contributed by atoms with Crippen LogP contribution in [-0.2, 0) is 0 Å². The zero-order chi connectivity index (χ0) is 15.4. The van der Waals surface area contributed by atoms with Crippen molar-refractivity contribution in [3.63, 3.8) is 0 Å². The Morgan fingerprint density at radius 2 is 1.71 bits per heavy atom. The van der Waals surface area contributed by atoms with E-state index in [-0.39, 0.29) is 18.6 Å². The van der Waals surface area contributed by atoms with E-state index in [1.807, 2.05) is 30.9 Å². The molecule has 116 valence electrons. The lowest BCUT2D eigenvalue weighted by atomic mass is 10.1. The fourth-order valence-corrected chi connectivity index (χ4v) is 3.07. The molecule has 1 amide bonds. The summed E-state index contributed by atoms with van der Waals surface area (Å²) in [7, 11) is 0. The van der Waals surface area contributed by atoms with Crippen LogP contribution in [0.25, 0.3) is 0 Å². The monoisotopic (exact) mass is 290 g/mol. The molecule has 1 aliphatic rings. The molecular formula is C17H26N2O2. The molecule has 0 bridgehead atoms. The molecule has 0 aliphatic carbocycles. The van der Waals surface area contributed by atoms with Gasteiger partial charge in [-0.3, -0.25) is 9.69 Å². The van der Waals surface area contributed by atoms with Crippen molar-refractivity contribution in [1.82, 2.24) is 9.80 Å². The molecule has 0 aromatic heterocycles. The van der Waals surface area contributed by atoms with Crippen molar-refractivity contribution in [2.75, 3.05) is 32.8 Å². The third-order valence-corrected chi connectivity index (χ3v) is 4.27. The predicted molar refractivity (Wildman–Crippen MR) is 84.6 cm³/mol. The van der Waals surface area contributed by atoms with Crippen molar-refractivity contribution in [2.45, 2.75) is 33.2 Å². The van der Waals surface area contributed by atoms with Crippen LogP contribution in [0.15, 0.2) is 18.2 Å². The second kappa shape index (κ2) is 7.05. The number of aryl methyl sites for hydroxylation is 2. The molecule has 1 fully saturated rings. The Labute approximate surface area is 127 Å². The van der Waals surface area contributed by atoms with Gasteiger partial charge in [0.25, 0.3) is 5.91 Å². The van der Waals surface area contributed by atoms with Crippen molar-refractivity contribution in [3.8, 4) is 0 Å². The molecular weight excluding hydrogens is 264 g/mol. The molecule has 2 rings (SSSR count). The molecule has 0 saturated carbocycles. The van der Waals surface area contributed by atoms with E-state index in [9.17, 15) is 9.90 Å². The van der Waals surface area contributed by atoms with Gasteiger partial charge < -0.3 is 10.0 Å². The van der Waals surface area contributed by atoms with Crippen molar-refractivity contribution < 1.29 is 9.90 Å². The van der Waals surface area contributed by atoms with E-state index in [2.05, 4.69) is 17.9 Å². The summed E-state index contributed by atoms with van der Waals surface area (Å²) in [6, 6.07) is 6.24. The summed E-state index contributed by atoms with van der Waals surface area (Å²) in [6.07, 6.45) is 0.946. The number of hydrogen-bond acceptors (Lipinski definition) is 3. The maximum absolute atomic E-state index is 12.6. The average Bonchev–Trinajstić information content (AvgIpc) is 2.47. The molecule has 1 saturated heterocycles. The zero-order valence-corrected chi connectivity index (χ0v) is 13.3. The van der Waals surface area contributed by atoms with Crippen LogP contribution in [0.1, 0.15) is 34.8 Å². The first-order chi connectivity index (χ1) is 10.0. The maximum atomic E-state index is 12.6. The van der Waals surface area contributed by atoms with Crippen LogP contribution in [0.4, 0.5) is 0 Å². The van der Waals surface area contributed by atoms with Crippen molar-refractivity contribution in [1.29, 1.82) is 0 Å². The number of carbonyl (C=O) groups excluding carboxylic acids is 1. The zero-order valence-electron chi connectivity index (χ0n) is 13.3. The second-order valence-electron chi connectivity index (χ2n) is 5.95. The van der Waals surface area contributed by atoms with E-state index in [1.54, 1.807) is 0 Å². The molecule has 1 atom stereocenters. The number of hydrogen-bond donors (Lipinski definition) is 1. The van der Waals surface area contributed by atoms with E-state index >= 15 is 0 Å². The second-order valence-corrected chi connectivity index (χ2v) is 5.95. The van der Waals surface area contributed by atoms with Gasteiger partial charge in [0.15, 0.2) is 0 Å². The number of benzene rings is 1. The summed E-state index contributed by atoms with van der Waals surface area (Å²) in [5, 5.41) is 9.37. The fraction of sp³-hybridized carbons (Fsp3) is 0.588. The number of rotatable bonds is 4. The number of piperazine rings is 1. The van der Waals surface area contributed by atoms with Crippen molar-refractivity contribution in [3.05, 3.63) is 34.9 Å². The van der Waals surface area contributed by atoms with Gasteiger partial charge in [-0.15, -0.1) is 0 Å². The van der Waals surface area contributed by atoms with Crippen LogP contribution in [-0.4, -0.2) is 59.6 Å². The van der Waals surface area contributed by atoms with Crippen LogP contribution in [0, 0.1) is 13.8 Å². The van der Waals surface area contributed by atoms with Gasteiger partial charge in [0, 0.05) is 37.8 Å². The van der Waals surface area contributed by atoms with Gasteiger partial charge in [0.05, 0.1) is 6.61 Å². The molecule has 1 unspecified atom stereocenters. The molecule has 21 heavy (non-hydrogen) atoms. The summed E-state index contributed by atoms with van der Waals surface area (Å²) in [4.78, 5) is 16.8. The Morgan fingerprint density at radius 1 is 1.14 bits per heavy atom. The van der Waals surface area contributed by atoms with Crippen LogP contribution < -0.4 is 0 Å². The minimum absolute atomic E-state index is 0.124. The van der Waals surface area contributed by atoms with Crippen molar-refractivity contribution >= 4 is 5.91 Å². The third kappa shape index (κ3) is 3.83. The van der Waals surface area contributed by atoms with E-state index in [0.717, 1.165) is 49.3 Å². The Morgan fingerprint density at radius 3 is 2.19 bits per heavy atom. The normalized spacial score (nSPS) is 17.8. The molecule has 0 spiro atoms. The topological polar surface area (TPSA) is 43.8 Å². The Hall–Kier alpha value is -1.39. The third-order valence-electron chi connectivity index (χ3n) is 4.27. The number of carbonyl (C=O) groups is 1. The smallest absolute Gasteiger partial charge is 0.253 e. The number of nitrogens with zero attached hydrogens (tertiary/aromatic N) is 2. The van der Waals surface area contributed by atoms with Crippen LogP contribution in [0.3, 0.4) is 0 Å². The molecule has 1 heterocycles. The van der Waals surface area contributed by atoms with E-state index in [4.69, 9.17) is 0 Å². The van der Waals surface area contributed by atoms with Crippen LogP contribution >= 0.6 is 0 Å². The Kier molecular flexibility index (Phi) is 5.37. The highest BCUT2D eigenvalue weighted by Crippen LogP contribution is 2.15. The first-order valence-electron chi connectivity index (χ1n) is 7.77. The first-order valence-corrected chi connectivity index (χ1v) is 7.77. The Bertz CT molecular complexity index is 469. The lowest BCUT2D eigenvalue weighted by Gasteiger charge is -2.38. The quantitative estimate of drug-likeness (QED) is 0.920. The average molecular weight is 290 g/mol. The summed E-state index contributed by atoms with van der Waals surface area (Å²) in [5.74, 6) is 0.124. The van der Waals surface area contributed by atoms with Gasteiger partial charge in [0.2, 0.25) is 0 Å². The standard InChI is InChI=1S/C17H26N2O2/c1-4-16(12-20)18-5-7-19(8-6-18)17(21)15-10-13(2)9-14(3)11-15/h9-11,16,20H,4-8,12H2,1-3H3. The highest BCUT2D eigenvalue weighted by atomic mass is 16.3. The summed E-state index contributed by atoms with van der Waals surface area (Å²) < 4.78 is 0. The van der Waals surface area contributed by atoms with Gasteiger partial charge in [-0.25, -0.2) is 0 Å². The molecule has 1 aromatic rings. The van der Waals surface area contributed by atoms with Gasteiger partial charge in [-0.2, -0.15) is 0 Å². The van der Waals surface area contributed by atoms with Crippen LogP contribution in [0.5, 0.6) is 0 Å². The van der Waals surface area contributed by atoms with Crippen molar-refractivity contribution in [2.24, 2.45) is 0 Å². The fourth-order valence-electron chi connectivity index (χ4n) is 3.07. The summed E-state index contributed by atoms with van der Waals surface area (Å²) in [6.45, 7) is 9.49. The molecule has 4 nitrogen and oxygen atoms in total. The lowest BCUT2D eigenvalue weighted by molar-refractivity contribution is 0.0472. The van der Waals surface area contributed by atoms with Gasteiger partial charge in [0.1, 0.15) is 0 Å². The van der Waals surface area contributed by atoms with Gasteiger partial charge >= 0.3 is 0 Å². The van der Waals surface area contributed by atoms with E-state index in [0.29, 0.717) is 0 Å². The predicted octanol–water partition coefficient (Wildman–Crippen LogP) is 1.83. The van der Waals surface area contributed by atoms with Gasteiger partial charge in [-0.1, -0.05) is 24.1 Å². The SMILES string of the molecule is CCC(CO)N1CCN(C(=O)c2cc(C)cc(C)c2)CC1. The van der Waals surface area contributed by atoms with Crippen LogP contribution in [0.2, 0.25) is 0 Å². The molecule has 0 radical (unpaired) electrons. The Balaban J connectivity index is 2.00. The minimum Gasteiger partial charge on any atom is -0.395 e. The highest BCUT2D eigenvalue weighted by Gasteiger charge is 2.25. The summed E-state index contributed by atoms with van der Waals surface area (Å²) in [5.41, 5.74) is 3.04. The lowest BCUT2D eigenvalue weighted by Crippen LogP contribution is -2.52. The first kappa shape index (κ1) is 16.0. The molecule has 1 N–H and O–H groups in total. The summed E-state index contributed by atoms with van der Waals surface area (Å²) >= 11 is 0. The largest absolute Gasteiger partial charge is 0.395 e. The van der Waals surface area contributed by atoms with E-state index < -0.39 is 0 Å². The number of aliphatic hydroxyl groups is 1. The molecule has 1 aliphatic heterocycles. The number of aliphatic hydroxyl groups excluding tert-OH is 1. The molecule has 1 aromatic carbocycles.